The van der Waals surface area contributed by atoms with E-state index in [2.05, 4.69) is 98.0 Å². The van der Waals surface area contributed by atoms with Crippen LogP contribution >= 0.6 is 50.7 Å². The first-order chi connectivity index (χ1) is 39.6. The van der Waals surface area contributed by atoms with E-state index in [0.717, 1.165) is 94.2 Å². The van der Waals surface area contributed by atoms with Gasteiger partial charge in [0.05, 0.1) is 60.0 Å². The van der Waals surface area contributed by atoms with Gasteiger partial charge in [0.25, 0.3) is 34.4 Å². The number of nitrogens with one attached hydrogen (secondary N) is 8. The Hall–Kier alpha value is -8.27. The third-order valence-corrected chi connectivity index (χ3v) is 17.3. The number of hydrogen-bond donors (Lipinski definition) is 9. The summed E-state index contributed by atoms with van der Waals surface area (Å²) < 4.78 is 5.05. The molecular formula is C52H50BrCl3N20O6. The molecule has 82 heavy (non-hydrogen) atoms. The Balaban J connectivity index is 0.000000114. The molecule has 12 heterocycles. The third kappa shape index (κ3) is 9.46. The molecule has 3 fully saturated rings. The summed E-state index contributed by atoms with van der Waals surface area (Å²) in [6, 6.07) is 6.26. The number of nitrogens with two attached hydrogens (primary N) is 1. The Bertz CT molecular complexity index is 4050. The molecule has 0 bridgehead atoms. The zero-order valence-corrected chi connectivity index (χ0v) is 47.2. The molecule has 30 heteroatoms. The van der Waals surface area contributed by atoms with E-state index in [9.17, 15) is 28.8 Å². The van der Waals surface area contributed by atoms with Crippen LogP contribution in [0.3, 0.4) is 0 Å². The van der Waals surface area contributed by atoms with Gasteiger partial charge in [0.15, 0.2) is 16.9 Å². The van der Waals surface area contributed by atoms with Gasteiger partial charge < -0.3 is 32.3 Å². The van der Waals surface area contributed by atoms with Gasteiger partial charge in [-0.2, -0.15) is 15.3 Å². The fraction of sp³-hybridized carbons (Fsp3) is 0.346. The van der Waals surface area contributed by atoms with Crippen molar-refractivity contribution in [2.75, 3.05) is 16.4 Å². The van der Waals surface area contributed by atoms with Crippen LogP contribution in [0.5, 0.6) is 0 Å². The number of anilines is 5. The highest BCUT2D eigenvalue weighted by molar-refractivity contribution is 9.10. The minimum atomic E-state index is -0.695. The molecule has 3 spiro atoms. The minimum Gasteiger partial charge on any atom is -0.383 e. The van der Waals surface area contributed by atoms with E-state index in [1.165, 1.54) is 35.4 Å². The quantitative estimate of drug-likeness (QED) is 0.0814. The molecule has 9 aromatic heterocycles. The Morgan fingerprint density at radius 3 is 1.40 bits per heavy atom. The molecule has 422 valence electrons. The van der Waals surface area contributed by atoms with Gasteiger partial charge in [-0.05, 0) is 117 Å². The van der Waals surface area contributed by atoms with Gasteiger partial charge in [0, 0.05) is 6.20 Å². The van der Waals surface area contributed by atoms with Crippen molar-refractivity contribution in [1.29, 1.82) is 0 Å². The molecule has 0 saturated heterocycles. The summed E-state index contributed by atoms with van der Waals surface area (Å²) in [5, 5.41) is 38.1. The summed E-state index contributed by atoms with van der Waals surface area (Å²) in [6.07, 6.45) is 22.9. The number of halogens is 4. The maximum absolute atomic E-state index is 13.3. The van der Waals surface area contributed by atoms with Crippen LogP contribution in [0.4, 0.5) is 28.7 Å². The highest BCUT2D eigenvalue weighted by Crippen LogP contribution is 2.42. The van der Waals surface area contributed by atoms with Crippen molar-refractivity contribution >= 4 is 130 Å². The summed E-state index contributed by atoms with van der Waals surface area (Å²) in [6.45, 7) is 0. The lowest BCUT2D eigenvalue weighted by Gasteiger charge is -2.35. The van der Waals surface area contributed by atoms with Crippen LogP contribution in [-0.4, -0.2) is 86.9 Å². The van der Waals surface area contributed by atoms with Crippen LogP contribution in [0.2, 0.25) is 15.1 Å². The maximum Gasteiger partial charge on any atom is 0.276 e. The molecule has 6 aliphatic rings. The topological polar surface area (TPSA) is 354 Å². The largest absolute Gasteiger partial charge is 0.383 e. The lowest BCUT2D eigenvalue weighted by molar-refractivity contribution is 0.0867. The van der Waals surface area contributed by atoms with Crippen molar-refractivity contribution in [3.63, 3.8) is 0 Å². The zero-order valence-electron chi connectivity index (χ0n) is 43.3. The van der Waals surface area contributed by atoms with E-state index in [4.69, 9.17) is 40.5 Å². The van der Waals surface area contributed by atoms with E-state index < -0.39 is 17.0 Å². The van der Waals surface area contributed by atoms with Crippen molar-refractivity contribution in [1.82, 2.24) is 85.2 Å². The van der Waals surface area contributed by atoms with Crippen molar-refractivity contribution in [3.05, 3.63) is 129 Å². The monoisotopic (exact) mass is 1230 g/mol. The first kappa shape index (κ1) is 54.3. The third-order valence-electron chi connectivity index (χ3n) is 15.8. The summed E-state index contributed by atoms with van der Waals surface area (Å²) in [5.74, 6) is 0.0687. The standard InChI is InChI=1S/C18H17ClN6O2.C17H16ClN7O2.C12H12BrClN2O2.C5H5N5/c19-11-8-13(22-12-4-7-20-15-10(12)9-21-24-15)17(27)25-14(11)16(26)23-18(25)5-2-1-3-6-18;18-10-6-11(22-13-9-7-21-24-14(9)20-8-19-13)16(27)25-12(10)15(26)23-17(25)4-2-1-3-5-17;13-7-6-8(14)9-10(17)15-12(16(9)11(7)18)4-2-1-3-5-12;6-4-3-1-9-10-5(3)8-2-7-4/h4,7-9H,1-3,5-6H2,(H,23,26)(H2,20,21,22,24);6-8H,1-5H2,(H,23,26)(H2,19,20,21,22,24);6H,1-5H2,(H,15,17);1-2H,(H3,6,7,8,9,10). The van der Waals surface area contributed by atoms with Crippen molar-refractivity contribution in [3.8, 4) is 0 Å². The van der Waals surface area contributed by atoms with Crippen molar-refractivity contribution < 1.29 is 14.4 Å². The van der Waals surface area contributed by atoms with E-state index in [0.29, 0.717) is 73.4 Å². The first-order valence-corrected chi connectivity index (χ1v) is 28.4. The van der Waals surface area contributed by atoms with E-state index >= 15 is 0 Å². The Morgan fingerprint density at radius 1 is 0.488 bits per heavy atom. The molecule has 0 unspecified atom stereocenters. The molecular weight excluding hydrogens is 1190 g/mol. The number of nitrogen functional groups attached to an aromatic ring is 1. The average molecular weight is 1240 g/mol. The molecule has 26 nitrogen and oxygen atoms in total. The number of hydrogen-bond acceptors (Lipinski definition) is 17. The second-order valence-corrected chi connectivity index (χ2v) is 22.8. The first-order valence-electron chi connectivity index (χ1n) is 26.5. The van der Waals surface area contributed by atoms with Gasteiger partial charge in [-0.15, -0.1) is 0 Å². The molecule has 3 aliphatic heterocycles. The summed E-state index contributed by atoms with van der Waals surface area (Å²) in [7, 11) is 0. The molecule has 9 aromatic rings. The SMILES string of the molecule is Nc1ncnc2[nH]ncc12.O=C1NC2(CCCCC2)n2c1c(Cl)cc(Br)c2=O.O=C1NC2(CCCCC2)n2c1c(Cl)cc(Nc1ccnc3[nH]ncc13)c2=O.O=C1NC2(CCCCC2)n2c1c(Cl)cc(Nc1ncnc3[nH]ncc13)c2=O. The number of nitrogens with zero attached hydrogens (tertiary/aromatic N) is 11. The normalized spacial score (nSPS) is 17.6. The van der Waals surface area contributed by atoms with E-state index in [1.807, 2.05) is 0 Å². The predicted octanol–water partition coefficient (Wildman–Crippen LogP) is 7.71. The molecule has 3 aliphatic carbocycles. The molecule has 3 amide bonds. The van der Waals surface area contributed by atoms with Crippen LogP contribution in [0, 0.1) is 0 Å². The maximum atomic E-state index is 13.3. The molecule has 3 saturated carbocycles. The number of aromatic amines is 3. The number of fused-ring (bicyclic) bond motifs is 9. The predicted molar refractivity (Wildman–Crippen MR) is 309 cm³/mol. The summed E-state index contributed by atoms with van der Waals surface area (Å²) in [5.41, 5.74) is 6.70. The summed E-state index contributed by atoms with van der Waals surface area (Å²) >= 11 is 22.1. The molecule has 10 N–H and O–H groups in total. The Morgan fingerprint density at radius 2 is 0.902 bits per heavy atom. The second-order valence-electron chi connectivity index (χ2n) is 20.7. The van der Waals surface area contributed by atoms with Crippen molar-refractivity contribution in [2.45, 2.75) is 113 Å². The van der Waals surface area contributed by atoms with Crippen LogP contribution in [-0.2, 0) is 17.0 Å². The van der Waals surface area contributed by atoms with Crippen LogP contribution in [0.1, 0.15) is 128 Å². The number of H-pyrrole nitrogens is 3. The van der Waals surface area contributed by atoms with Gasteiger partial charge in [0.2, 0.25) is 0 Å². The molecule has 0 radical (unpaired) electrons. The number of aromatic nitrogens is 14. The van der Waals surface area contributed by atoms with Gasteiger partial charge in [-0.3, -0.25) is 57.8 Å². The van der Waals surface area contributed by atoms with Gasteiger partial charge >= 0.3 is 0 Å². The van der Waals surface area contributed by atoms with Crippen molar-refractivity contribution in [2.24, 2.45) is 0 Å². The van der Waals surface area contributed by atoms with Gasteiger partial charge in [-0.1, -0.05) is 54.1 Å². The molecule has 0 aromatic carbocycles. The minimum absolute atomic E-state index is 0.186. The Kier molecular flexibility index (Phi) is 14.3. The zero-order chi connectivity index (χ0) is 57.1. The van der Waals surface area contributed by atoms with Crippen LogP contribution in [0.25, 0.3) is 33.1 Å². The fourth-order valence-electron chi connectivity index (χ4n) is 12.1. The smallest absolute Gasteiger partial charge is 0.276 e. The van der Waals surface area contributed by atoms with Crippen LogP contribution < -0.4 is 49.0 Å². The second kappa shape index (κ2) is 21.6. The number of carbonyl (C=O) groups is 3. The number of rotatable bonds is 4. The highest BCUT2D eigenvalue weighted by Gasteiger charge is 2.48. The highest BCUT2D eigenvalue weighted by atomic mass is 79.9. The van der Waals surface area contributed by atoms with Crippen LogP contribution in [0.15, 0.2) is 80.6 Å². The number of pyridine rings is 4. The fourth-order valence-corrected chi connectivity index (χ4v) is 13.5. The number of amides is 3. The number of carbonyl (C=O) groups excluding carboxylic acids is 3. The van der Waals surface area contributed by atoms with Gasteiger partial charge in [0.1, 0.15) is 69.7 Å². The van der Waals surface area contributed by atoms with E-state index in [1.54, 1.807) is 40.0 Å². The van der Waals surface area contributed by atoms with Gasteiger partial charge in [-0.25, -0.2) is 24.9 Å². The average Bonchev–Trinajstić information content (AvgIpc) is 4.40. The summed E-state index contributed by atoms with van der Waals surface area (Å²) in [4.78, 5) is 96.2. The lowest BCUT2D eigenvalue weighted by atomic mass is 9.89. The molecule has 0 atom stereocenters. The lowest BCUT2D eigenvalue weighted by Crippen LogP contribution is -2.48. The molecule has 15 rings (SSSR count). The Labute approximate surface area is 486 Å². The van der Waals surface area contributed by atoms with E-state index in [-0.39, 0.29) is 61.5 Å².